The van der Waals surface area contributed by atoms with E-state index in [1.807, 2.05) is 12.1 Å². The van der Waals surface area contributed by atoms with Crippen molar-refractivity contribution in [1.29, 1.82) is 0 Å². The van der Waals surface area contributed by atoms with Gasteiger partial charge in [-0.2, -0.15) is 0 Å². The third kappa shape index (κ3) is 4.52. The monoisotopic (exact) mass is 302 g/mol. The van der Waals surface area contributed by atoms with Crippen LogP contribution in [0, 0.1) is 0 Å². The average Bonchev–Trinajstić information content (AvgIpc) is 2.40. The summed E-state index contributed by atoms with van der Waals surface area (Å²) in [7, 11) is 0. The Labute approximate surface area is 132 Å². The molecule has 0 spiro atoms. The second-order valence-corrected chi connectivity index (χ2v) is 6.30. The Morgan fingerprint density at radius 3 is 2.14 bits per heavy atom. The first-order chi connectivity index (χ1) is 10.5. The first kappa shape index (κ1) is 16.4. The van der Waals surface area contributed by atoms with Gasteiger partial charge in [0.2, 0.25) is 0 Å². The topological polar surface area (TPSA) is 78.3 Å². The van der Waals surface area contributed by atoms with E-state index in [1.165, 1.54) is 5.56 Å². The molecule has 0 aromatic heterocycles. The Kier molecular flexibility index (Phi) is 5.47. The summed E-state index contributed by atoms with van der Waals surface area (Å²) in [6.45, 7) is 5.32. The van der Waals surface area contributed by atoms with Gasteiger partial charge in [0.25, 0.3) is 0 Å². The molecule has 1 saturated carbocycles. The summed E-state index contributed by atoms with van der Waals surface area (Å²) in [6.07, 6.45) is 6.06. The maximum Gasteiger partial charge on any atom is 0.333 e. The molecule has 120 valence electrons. The van der Waals surface area contributed by atoms with Crippen LogP contribution in [-0.4, -0.2) is 12.1 Å². The molecule has 0 aliphatic heterocycles. The predicted octanol–water partition coefficient (Wildman–Crippen LogP) is 3.78. The highest BCUT2D eigenvalue weighted by Gasteiger charge is 2.21. The second-order valence-electron chi connectivity index (χ2n) is 6.30. The number of ether oxygens (including phenoxy) is 1. The molecule has 1 aromatic carbocycles. The lowest BCUT2D eigenvalue weighted by Gasteiger charge is -2.25. The quantitative estimate of drug-likeness (QED) is 0.506. The smallest absolute Gasteiger partial charge is 0.333 e. The summed E-state index contributed by atoms with van der Waals surface area (Å²) >= 11 is 0. The molecule has 0 unspecified atom stereocenters. The van der Waals surface area contributed by atoms with Crippen LogP contribution in [0.1, 0.15) is 56.9 Å². The summed E-state index contributed by atoms with van der Waals surface area (Å²) < 4.78 is 5.49. The number of carbonyl (C=O) groups excluding carboxylic acids is 1. The van der Waals surface area contributed by atoms with Gasteiger partial charge in [-0.3, -0.25) is 0 Å². The van der Waals surface area contributed by atoms with Crippen LogP contribution >= 0.6 is 0 Å². The largest absolute Gasteiger partial charge is 0.459 e. The van der Waals surface area contributed by atoms with Crippen molar-refractivity contribution in [2.45, 2.75) is 57.5 Å². The summed E-state index contributed by atoms with van der Waals surface area (Å²) in [5, 5.41) is 0. The molecule has 1 aromatic rings. The molecule has 0 radical (unpaired) electrons. The predicted molar refractivity (Wildman–Crippen MR) is 90.4 cm³/mol. The van der Waals surface area contributed by atoms with Crippen molar-refractivity contribution in [2.24, 2.45) is 0 Å². The number of esters is 1. The van der Waals surface area contributed by atoms with E-state index in [2.05, 4.69) is 6.58 Å². The van der Waals surface area contributed by atoms with E-state index in [-0.39, 0.29) is 12.1 Å². The lowest BCUT2D eigenvalue weighted by Crippen LogP contribution is -2.20. The zero-order valence-corrected chi connectivity index (χ0v) is 13.3. The zero-order chi connectivity index (χ0) is 16.1. The van der Waals surface area contributed by atoms with E-state index in [0.29, 0.717) is 11.5 Å². The minimum absolute atomic E-state index is 0.0241. The van der Waals surface area contributed by atoms with Crippen LogP contribution in [-0.2, 0) is 9.53 Å². The van der Waals surface area contributed by atoms with Crippen LogP contribution in [0.25, 0.3) is 0 Å². The Morgan fingerprint density at radius 1 is 1.09 bits per heavy atom. The van der Waals surface area contributed by atoms with E-state index in [4.69, 9.17) is 16.2 Å². The fourth-order valence-corrected chi connectivity index (χ4v) is 3.11. The third-order valence-electron chi connectivity index (χ3n) is 4.25. The number of nitrogens with two attached hydrogens (primary N) is 2. The number of nitrogen functional groups attached to an aromatic ring is 2. The molecule has 0 bridgehead atoms. The van der Waals surface area contributed by atoms with Gasteiger partial charge in [-0.25, -0.2) is 4.79 Å². The highest BCUT2D eigenvalue weighted by atomic mass is 16.5. The van der Waals surface area contributed by atoms with Crippen LogP contribution in [0.5, 0.6) is 0 Å². The van der Waals surface area contributed by atoms with Crippen molar-refractivity contribution in [3.63, 3.8) is 0 Å². The van der Waals surface area contributed by atoms with Gasteiger partial charge in [-0.15, -0.1) is 0 Å². The van der Waals surface area contributed by atoms with E-state index in [0.717, 1.165) is 49.9 Å². The molecule has 4 N–H and O–H groups in total. The molecule has 4 nitrogen and oxygen atoms in total. The number of hydrogen-bond acceptors (Lipinski definition) is 4. The van der Waals surface area contributed by atoms with Gasteiger partial charge in [0.15, 0.2) is 0 Å². The minimum atomic E-state index is -0.272. The van der Waals surface area contributed by atoms with Crippen LogP contribution in [0.4, 0.5) is 11.4 Å². The summed E-state index contributed by atoms with van der Waals surface area (Å²) in [5.74, 6) is 0.217. The number of hydrogen-bond donors (Lipinski definition) is 2. The van der Waals surface area contributed by atoms with Gasteiger partial charge < -0.3 is 16.2 Å². The Bertz CT molecular complexity index is 524. The van der Waals surface area contributed by atoms with Crippen molar-refractivity contribution >= 4 is 17.3 Å². The van der Waals surface area contributed by atoms with Crippen molar-refractivity contribution in [1.82, 2.24) is 0 Å². The van der Waals surface area contributed by atoms with Crippen LogP contribution in [0.3, 0.4) is 0 Å². The van der Waals surface area contributed by atoms with Crippen LogP contribution < -0.4 is 11.5 Å². The summed E-state index contributed by atoms with van der Waals surface area (Å²) in [5.41, 5.74) is 14.9. The highest BCUT2D eigenvalue weighted by molar-refractivity contribution is 5.87. The van der Waals surface area contributed by atoms with Gasteiger partial charge in [-0.05, 0) is 75.1 Å². The van der Waals surface area contributed by atoms with Crippen LogP contribution in [0.15, 0.2) is 30.4 Å². The second kappa shape index (κ2) is 7.34. The zero-order valence-electron chi connectivity index (χ0n) is 13.3. The first-order valence-corrected chi connectivity index (χ1v) is 7.98. The Morgan fingerprint density at radius 2 is 1.64 bits per heavy atom. The third-order valence-corrected chi connectivity index (χ3v) is 4.25. The van der Waals surface area contributed by atoms with Crippen molar-refractivity contribution < 1.29 is 9.53 Å². The van der Waals surface area contributed by atoms with Gasteiger partial charge >= 0.3 is 5.97 Å². The fraction of sp³-hybridized carbons (Fsp3) is 0.500. The number of carbonyl (C=O) groups is 1. The van der Waals surface area contributed by atoms with Crippen molar-refractivity contribution in [3.8, 4) is 0 Å². The maximum absolute atomic E-state index is 11.6. The molecule has 0 saturated heterocycles. The normalized spacial score (nSPS) is 22.4. The molecule has 4 heteroatoms. The SMILES string of the molecule is C=C(C)C(=O)OC1CCCC(c2cc(N)cc(N)c2)CCC1. The van der Waals surface area contributed by atoms with E-state index < -0.39 is 0 Å². The van der Waals surface area contributed by atoms with Gasteiger partial charge in [0.1, 0.15) is 6.10 Å². The molecular formula is C18H26N2O2. The standard InChI is InChI=1S/C18H26N2O2/c1-12(2)18(21)22-17-7-3-5-13(6-4-8-17)14-9-15(19)11-16(20)10-14/h9-11,13,17H,1,3-8,19-20H2,2H3. The number of rotatable bonds is 3. The van der Waals surface area contributed by atoms with E-state index in [9.17, 15) is 4.79 Å². The first-order valence-electron chi connectivity index (χ1n) is 7.98. The molecular weight excluding hydrogens is 276 g/mol. The number of benzene rings is 1. The molecule has 1 fully saturated rings. The molecule has 0 amide bonds. The van der Waals surface area contributed by atoms with Gasteiger partial charge in [-0.1, -0.05) is 6.58 Å². The van der Waals surface area contributed by atoms with E-state index in [1.54, 1.807) is 13.0 Å². The molecule has 0 heterocycles. The summed E-state index contributed by atoms with van der Waals surface area (Å²) in [4.78, 5) is 11.6. The maximum atomic E-state index is 11.6. The molecule has 1 aliphatic carbocycles. The fourth-order valence-electron chi connectivity index (χ4n) is 3.11. The lowest BCUT2D eigenvalue weighted by atomic mass is 9.85. The molecule has 22 heavy (non-hydrogen) atoms. The number of anilines is 2. The molecule has 2 rings (SSSR count). The van der Waals surface area contributed by atoms with Crippen molar-refractivity contribution in [3.05, 3.63) is 35.9 Å². The highest BCUT2D eigenvalue weighted by Crippen LogP contribution is 2.33. The lowest BCUT2D eigenvalue weighted by molar-refractivity contribution is -0.145. The minimum Gasteiger partial charge on any atom is -0.459 e. The van der Waals surface area contributed by atoms with E-state index >= 15 is 0 Å². The molecule has 1 aliphatic rings. The van der Waals surface area contributed by atoms with Gasteiger partial charge in [0, 0.05) is 16.9 Å². The molecule has 0 atom stereocenters. The summed E-state index contributed by atoms with van der Waals surface area (Å²) in [6, 6.07) is 5.85. The Hall–Kier alpha value is -1.97. The average molecular weight is 302 g/mol. The van der Waals surface area contributed by atoms with Gasteiger partial charge in [0.05, 0.1) is 0 Å². The van der Waals surface area contributed by atoms with Crippen molar-refractivity contribution in [2.75, 3.05) is 11.5 Å². The Balaban J connectivity index is 1.94. The van der Waals surface area contributed by atoms with Crippen LogP contribution in [0.2, 0.25) is 0 Å².